The van der Waals surface area contributed by atoms with Crippen LogP contribution in [0.1, 0.15) is 5.76 Å². The molecule has 2 rings (SSSR count). The van der Waals surface area contributed by atoms with Crippen LogP contribution in [0.5, 0.6) is 0 Å². The van der Waals surface area contributed by atoms with E-state index in [0.29, 0.717) is 17.2 Å². The van der Waals surface area contributed by atoms with E-state index < -0.39 is 0 Å². The number of benzene rings is 1. The zero-order valence-electron chi connectivity index (χ0n) is 9.56. The minimum absolute atomic E-state index is 0.113. The van der Waals surface area contributed by atoms with Gasteiger partial charge in [0.05, 0.1) is 17.8 Å². The Morgan fingerprint density at radius 1 is 1.28 bits per heavy atom. The summed E-state index contributed by atoms with van der Waals surface area (Å²) in [5.41, 5.74) is 0.597. The van der Waals surface area contributed by atoms with Gasteiger partial charge in [-0.2, -0.15) is 0 Å². The smallest absolute Gasteiger partial charge is 0.234 e. The van der Waals surface area contributed by atoms with Crippen molar-refractivity contribution in [1.82, 2.24) is 0 Å². The maximum Gasteiger partial charge on any atom is 0.234 e. The Kier molecular flexibility index (Phi) is 4.41. The highest BCUT2D eigenvalue weighted by atomic mass is 32.2. The normalized spacial score (nSPS) is 10.3. The highest BCUT2D eigenvalue weighted by Gasteiger charge is 2.04. The molecule has 5 heteroatoms. The molecular formula is C13H12FNO2S. The first-order chi connectivity index (χ1) is 8.74. The lowest BCUT2D eigenvalue weighted by molar-refractivity contribution is -0.113. The quantitative estimate of drug-likeness (QED) is 0.902. The fourth-order valence-electron chi connectivity index (χ4n) is 1.37. The molecule has 0 aliphatic rings. The first kappa shape index (κ1) is 12.7. The summed E-state index contributed by atoms with van der Waals surface area (Å²) < 4.78 is 17.8. The third-order valence-corrected chi connectivity index (χ3v) is 3.14. The van der Waals surface area contributed by atoms with Gasteiger partial charge in [0.1, 0.15) is 11.6 Å². The first-order valence-electron chi connectivity index (χ1n) is 5.39. The summed E-state index contributed by atoms with van der Waals surface area (Å²) in [6, 6.07) is 9.37. The number of halogens is 1. The van der Waals surface area contributed by atoms with E-state index in [-0.39, 0.29) is 11.7 Å². The van der Waals surface area contributed by atoms with Crippen LogP contribution in [0.2, 0.25) is 0 Å². The van der Waals surface area contributed by atoms with E-state index in [4.69, 9.17) is 4.42 Å². The number of amides is 1. The summed E-state index contributed by atoms with van der Waals surface area (Å²) in [5, 5.41) is 2.69. The van der Waals surface area contributed by atoms with E-state index in [1.54, 1.807) is 6.26 Å². The van der Waals surface area contributed by atoms with Crippen molar-refractivity contribution < 1.29 is 13.6 Å². The number of rotatable bonds is 5. The maximum atomic E-state index is 12.7. The van der Waals surface area contributed by atoms with Crippen LogP contribution >= 0.6 is 11.8 Å². The molecule has 0 aliphatic carbocycles. The Balaban J connectivity index is 1.73. The summed E-state index contributed by atoms with van der Waals surface area (Å²) >= 11 is 1.46. The molecule has 1 aromatic carbocycles. The molecule has 2 aromatic rings. The van der Waals surface area contributed by atoms with Crippen molar-refractivity contribution in [1.29, 1.82) is 0 Å². The summed E-state index contributed by atoms with van der Waals surface area (Å²) in [6.45, 7) is 0. The summed E-state index contributed by atoms with van der Waals surface area (Å²) in [7, 11) is 0. The molecule has 1 aromatic heterocycles. The Hall–Kier alpha value is -1.75. The van der Waals surface area contributed by atoms with Crippen LogP contribution in [-0.2, 0) is 10.5 Å². The molecular weight excluding hydrogens is 253 g/mol. The van der Waals surface area contributed by atoms with Crippen molar-refractivity contribution in [3.05, 3.63) is 54.2 Å². The summed E-state index contributed by atoms with van der Waals surface area (Å²) in [5.74, 6) is 1.40. The van der Waals surface area contributed by atoms with E-state index in [1.165, 1.54) is 36.0 Å². The van der Waals surface area contributed by atoms with Gasteiger partial charge in [0.2, 0.25) is 5.91 Å². The number of anilines is 1. The second-order valence-corrected chi connectivity index (χ2v) is 4.61. The molecule has 0 aliphatic heterocycles. The van der Waals surface area contributed by atoms with E-state index in [2.05, 4.69) is 5.32 Å². The van der Waals surface area contributed by atoms with Gasteiger partial charge in [0.15, 0.2) is 0 Å². The number of hydrogen-bond acceptors (Lipinski definition) is 3. The number of furan rings is 1. The minimum Gasteiger partial charge on any atom is -0.468 e. The van der Waals surface area contributed by atoms with Gasteiger partial charge in [-0.15, -0.1) is 11.8 Å². The number of thioether (sulfide) groups is 1. The summed E-state index contributed by atoms with van der Waals surface area (Å²) in [6.07, 6.45) is 1.61. The molecule has 0 fully saturated rings. The van der Waals surface area contributed by atoms with Crippen molar-refractivity contribution in [2.45, 2.75) is 5.75 Å². The Morgan fingerprint density at radius 2 is 2.06 bits per heavy atom. The highest BCUT2D eigenvalue weighted by molar-refractivity contribution is 7.99. The van der Waals surface area contributed by atoms with E-state index in [9.17, 15) is 9.18 Å². The number of hydrogen-bond donors (Lipinski definition) is 1. The van der Waals surface area contributed by atoms with Gasteiger partial charge in [0.25, 0.3) is 0 Å². The molecule has 18 heavy (non-hydrogen) atoms. The lowest BCUT2D eigenvalue weighted by Gasteiger charge is -2.04. The fourth-order valence-corrected chi connectivity index (χ4v) is 2.09. The second-order valence-electron chi connectivity index (χ2n) is 3.63. The number of carbonyl (C=O) groups excluding carboxylic acids is 1. The second kappa shape index (κ2) is 6.26. The van der Waals surface area contributed by atoms with Crippen molar-refractivity contribution in [3.63, 3.8) is 0 Å². The Bertz CT molecular complexity index is 496. The van der Waals surface area contributed by atoms with Crippen LogP contribution in [0.25, 0.3) is 0 Å². The van der Waals surface area contributed by atoms with E-state index in [1.807, 2.05) is 12.1 Å². The SMILES string of the molecule is O=C(CSCc1ccco1)Nc1ccc(F)cc1. The molecule has 0 saturated heterocycles. The minimum atomic E-state index is -0.319. The lowest BCUT2D eigenvalue weighted by atomic mass is 10.3. The van der Waals surface area contributed by atoms with Crippen molar-refractivity contribution in [2.75, 3.05) is 11.1 Å². The average Bonchev–Trinajstić information content (AvgIpc) is 2.85. The monoisotopic (exact) mass is 265 g/mol. The number of carbonyl (C=O) groups is 1. The van der Waals surface area contributed by atoms with Gasteiger partial charge >= 0.3 is 0 Å². The van der Waals surface area contributed by atoms with Crippen LogP contribution in [0, 0.1) is 5.82 Å². The zero-order valence-corrected chi connectivity index (χ0v) is 10.4. The lowest BCUT2D eigenvalue weighted by Crippen LogP contribution is -2.14. The Labute approximate surface area is 108 Å². The van der Waals surface area contributed by atoms with Crippen molar-refractivity contribution in [3.8, 4) is 0 Å². The van der Waals surface area contributed by atoms with Gasteiger partial charge in [0, 0.05) is 5.69 Å². The molecule has 0 radical (unpaired) electrons. The largest absolute Gasteiger partial charge is 0.468 e. The van der Waals surface area contributed by atoms with Crippen LogP contribution in [0.3, 0.4) is 0 Å². The van der Waals surface area contributed by atoms with Gasteiger partial charge in [-0.1, -0.05) is 0 Å². The molecule has 0 unspecified atom stereocenters. The molecule has 94 valence electrons. The predicted octanol–water partition coefficient (Wildman–Crippen LogP) is 3.29. The molecule has 1 heterocycles. The van der Waals surface area contributed by atoms with Gasteiger partial charge in [-0.25, -0.2) is 4.39 Å². The third-order valence-electron chi connectivity index (χ3n) is 2.19. The molecule has 3 nitrogen and oxygen atoms in total. The standard InChI is InChI=1S/C13H12FNO2S/c14-10-3-5-11(6-4-10)15-13(16)9-18-8-12-2-1-7-17-12/h1-7H,8-9H2,(H,15,16). The van der Waals surface area contributed by atoms with Crippen LogP contribution in [0.15, 0.2) is 47.1 Å². The van der Waals surface area contributed by atoms with Gasteiger partial charge in [-0.3, -0.25) is 4.79 Å². The fraction of sp³-hybridized carbons (Fsp3) is 0.154. The first-order valence-corrected chi connectivity index (χ1v) is 6.55. The molecule has 0 saturated carbocycles. The van der Waals surface area contributed by atoms with Crippen LogP contribution in [-0.4, -0.2) is 11.7 Å². The molecule has 1 amide bonds. The molecule has 1 N–H and O–H groups in total. The Morgan fingerprint density at radius 3 is 2.72 bits per heavy atom. The molecule has 0 bridgehead atoms. The predicted molar refractivity (Wildman–Crippen MR) is 69.9 cm³/mol. The van der Waals surface area contributed by atoms with Crippen LogP contribution < -0.4 is 5.32 Å². The van der Waals surface area contributed by atoms with E-state index in [0.717, 1.165) is 5.76 Å². The van der Waals surface area contributed by atoms with Gasteiger partial charge in [-0.05, 0) is 36.4 Å². The van der Waals surface area contributed by atoms with Crippen LogP contribution in [0.4, 0.5) is 10.1 Å². The molecule has 0 atom stereocenters. The topological polar surface area (TPSA) is 42.2 Å². The number of nitrogens with one attached hydrogen (secondary N) is 1. The van der Waals surface area contributed by atoms with Crippen molar-refractivity contribution >= 4 is 23.4 Å². The van der Waals surface area contributed by atoms with Crippen molar-refractivity contribution in [2.24, 2.45) is 0 Å². The van der Waals surface area contributed by atoms with E-state index >= 15 is 0 Å². The van der Waals surface area contributed by atoms with Gasteiger partial charge < -0.3 is 9.73 Å². The maximum absolute atomic E-state index is 12.7. The highest BCUT2D eigenvalue weighted by Crippen LogP contribution is 2.13. The zero-order chi connectivity index (χ0) is 12.8. The third kappa shape index (κ3) is 3.92. The summed E-state index contributed by atoms with van der Waals surface area (Å²) in [4.78, 5) is 11.6. The average molecular weight is 265 g/mol. The molecule has 0 spiro atoms.